The van der Waals surface area contributed by atoms with Gasteiger partial charge < -0.3 is 4.74 Å². The van der Waals surface area contributed by atoms with Gasteiger partial charge >= 0.3 is 5.97 Å². The molecular weight excluding hydrogens is 427 g/mol. The third-order valence-corrected chi connectivity index (χ3v) is 5.37. The zero-order valence-electron chi connectivity index (χ0n) is 12.7. The van der Waals surface area contributed by atoms with E-state index in [4.69, 9.17) is 4.74 Å². The summed E-state index contributed by atoms with van der Waals surface area (Å²) in [5.74, 6) is -3.46. The molecule has 120 valence electrons. The number of carbonyl (C=O) groups is 2. The molecule has 23 heavy (non-hydrogen) atoms. The van der Waals surface area contributed by atoms with Gasteiger partial charge in [-0.25, -0.2) is 4.99 Å². The standard InChI is InChI=1S/C16H15IN2O3S/c1-3-22-16(21)13-12(9-6-4-5-7-11(9)17)10(8-18)15(23-2)19-14(13)20/h4-7,10,12-13H,3H2,1-2H3. The molecule has 3 unspecified atom stereocenters. The molecule has 0 saturated heterocycles. The number of amides is 1. The highest BCUT2D eigenvalue weighted by molar-refractivity contribution is 14.1. The number of hydrogen-bond acceptors (Lipinski definition) is 5. The average molecular weight is 442 g/mol. The van der Waals surface area contributed by atoms with E-state index in [-0.39, 0.29) is 6.61 Å². The monoisotopic (exact) mass is 442 g/mol. The zero-order valence-corrected chi connectivity index (χ0v) is 15.6. The molecule has 0 spiro atoms. The fourth-order valence-electron chi connectivity index (χ4n) is 2.64. The molecule has 0 N–H and O–H groups in total. The van der Waals surface area contributed by atoms with Crippen LogP contribution in [0.2, 0.25) is 0 Å². The van der Waals surface area contributed by atoms with E-state index in [1.807, 2.05) is 24.3 Å². The molecule has 1 aromatic carbocycles. The molecule has 1 aliphatic heterocycles. The smallest absolute Gasteiger partial charge is 0.319 e. The van der Waals surface area contributed by atoms with E-state index >= 15 is 0 Å². The minimum Gasteiger partial charge on any atom is -0.465 e. The normalized spacial score (nSPS) is 23.8. The molecule has 0 saturated carbocycles. The first-order valence-electron chi connectivity index (χ1n) is 7.02. The third-order valence-electron chi connectivity index (χ3n) is 3.62. The fraction of sp³-hybridized carbons (Fsp3) is 0.375. The maximum absolute atomic E-state index is 12.4. The molecule has 5 nitrogen and oxygen atoms in total. The molecule has 0 aliphatic carbocycles. The van der Waals surface area contributed by atoms with Crippen molar-refractivity contribution in [2.45, 2.75) is 12.8 Å². The van der Waals surface area contributed by atoms with Crippen molar-refractivity contribution in [2.24, 2.45) is 16.8 Å². The van der Waals surface area contributed by atoms with Gasteiger partial charge in [-0.3, -0.25) is 9.59 Å². The maximum atomic E-state index is 12.4. The number of nitriles is 1. The van der Waals surface area contributed by atoms with Gasteiger partial charge in [0.05, 0.1) is 17.7 Å². The maximum Gasteiger partial charge on any atom is 0.319 e. The lowest BCUT2D eigenvalue weighted by Gasteiger charge is -2.32. The second-order valence-electron chi connectivity index (χ2n) is 4.88. The summed E-state index contributed by atoms with van der Waals surface area (Å²) in [6.45, 7) is 1.86. The number of carbonyl (C=O) groups excluding carboxylic acids is 2. The first-order valence-corrected chi connectivity index (χ1v) is 9.32. The van der Waals surface area contributed by atoms with Crippen LogP contribution in [-0.2, 0) is 14.3 Å². The summed E-state index contributed by atoms with van der Waals surface area (Å²) in [6.07, 6.45) is 1.77. The Morgan fingerprint density at radius 2 is 2.17 bits per heavy atom. The van der Waals surface area contributed by atoms with Crippen molar-refractivity contribution in [3.8, 4) is 6.07 Å². The summed E-state index contributed by atoms with van der Waals surface area (Å²) < 4.78 is 5.96. The molecule has 0 bridgehead atoms. The number of hydrogen-bond donors (Lipinski definition) is 0. The molecule has 3 atom stereocenters. The molecule has 1 heterocycles. The van der Waals surface area contributed by atoms with E-state index < -0.39 is 29.6 Å². The molecule has 0 aromatic heterocycles. The fourth-order valence-corrected chi connectivity index (χ4v) is 4.02. The van der Waals surface area contributed by atoms with E-state index in [1.54, 1.807) is 13.2 Å². The van der Waals surface area contributed by atoms with Gasteiger partial charge in [-0.15, -0.1) is 11.8 Å². The highest BCUT2D eigenvalue weighted by atomic mass is 127. The Morgan fingerprint density at radius 3 is 2.74 bits per heavy atom. The van der Waals surface area contributed by atoms with Crippen molar-refractivity contribution < 1.29 is 14.3 Å². The van der Waals surface area contributed by atoms with E-state index in [0.29, 0.717) is 5.04 Å². The predicted octanol–water partition coefficient (Wildman–Crippen LogP) is 3.00. The number of benzene rings is 1. The molecule has 0 fully saturated rings. The highest BCUT2D eigenvalue weighted by Gasteiger charge is 2.47. The van der Waals surface area contributed by atoms with Crippen molar-refractivity contribution in [3.05, 3.63) is 33.4 Å². The van der Waals surface area contributed by atoms with Crippen molar-refractivity contribution >= 4 is 51.3 Å². The quantitative estimate of drug-likeness (QED) is 0.409. The van der Waals surface area contributed by atoms with Gasteiger partial charge in [0.15, 0.2) is 0 Å². The van der Waals surface area contributed by atoms with E-state index in [9.17, 15) is 14.9 Å². The average Bonchev–Trinajstić information content (AvgIpc) is 2.54. The number of thioether (sulfide) groups is 1. The van der Waals surface area contributed by atoms with Crippen LogP contribution < -0.4 is 0 Å². The van der Waals surface area contributed by atoms with Crippen LogP contribution in [0.15, 0.2) is 29.3 Å². The summed E-state index contributed by atoms with van der Waals surface area (Å²) in [5.41, 5.74) is 0.799. The van der Waals surface area contributed by atoms with Crippen LogP contribution in [0.5, 0.6) is 0 Å². The van der Waals surface area contributed by atoms with Gasteiger partial charge in [-0.1, -0.05) is 18.2 Å². The summed E-state index contributed by atoms with van der Waals surface area (Å²) in [4.78, 5) is 28.7. The van der Waals surface area contributed by atoms with E-state index in [1.165, 1.54) is 11.8 Å². The lowest BCUT2D eigenvalue weighted by atomic mass is 9.75. The molecule has 2 rings (SSSR count). The Bertz CT molecular complexity index is 699. The molecule has 0 radical (unpaired) electrons. The van der Waals surface area contributed by atoms with Gasteiger partial charge in [0.1, 0.15) is 11.8 Å². The van der Waals surface area contributed by atoms with Gasteiger partial charge in [-0.2, -0.15) is 5.26 Å². The van der Waals surface area contributed by atoms with Gasteiger partial charge in [0, 0.05) is 9.49 Å². The minimum atomic E-state index is -1.08. The molecule has 1 aromatic rings. The number of nitrogens with zero attached hydrogens (tertiary/aromatic N) is 2. The van der Waals surface area contributed by atoms with Crippen molar-refractivity contribution in [1.82, 2.24) is 0 Å². The van der Waals surface area contributed by atoms with Gasteiger partial charge in [0.25, 0.3) is 5.91 Å². The van der Waals surface area contributed by atoms with Crippen molar-refractivity contribution in [3.63, 3.8) is 0 Å². The van der Waals surface area contributed by atoms with Crippen molar-refractivity contribution in [2.75, 3.05) is 12.9 Å². The van der Waals surface area contributed by atoms with Gasteiger partial charge in [-0.05, 0) is 47.4 Å². The number of esters is 1. The Labute approximate surface area is 152 Å². The van der Waals surface area contributed by atoms with Crippen LogP contribution in [0.4, 0.5) is 0 Å². The first-order chi connectivity index (χ1) is 11.0. The van der Waals surface area contributed by atoms with E-state index in [2.05, 4.69) is 33.7 Å². The summed E-state index contributed by atoms with van der Waals surface area (Å²) in [7, 11) is 0. The molecular formula is C16H15IN2O3S. The zero-order chi connectivity index (χ0) is 17.0. The van der Waals surface area contributed by atoms with Crippen LogP contribution in [0.25, 0.3) is 0 Å². The first kappa shape index (κ1) is 17.9. The van der Waals surface area contributed by atoms with Crippen LogP contribution >= 0.6 is 34.4 Å². The highest BCUT2D eigenvalue weighted by Crippen LogP contribution is 2.41. The molecule has 1 aliphatic rings. The second-order valence-corrected chi connectivity index (χ2v) is 6.86. The SMILES string of the molecule is CCOC(=O)C1C(=O)N=C(SC)C(C#N)C1c1ccccc1I. The summed E-state index contributed by atoms with van der Waals surface area (Å²) in [6, 6.07) is 9.66. The summed E-state index contributed by atoms with van der Waals surface area (Å²) in [5, 5.41) is 10.1. The van der Waals surface area contributed by atoms with Crippen LogP contribution in [0.3, 0.4) is 0 Å². The summed E-state index contributed by atoms with van der Waals surface area (Å²) >= 11 is 3.42. The minimum absolute atomic E-state index is 0.178. The Morgan fingerprint density at radius 1 is 1.48 bits per heavy atom. The second kappa shape index (κ2) is 7.93. The lowest BCUT2D eigenvalue weighted by molar-refractivity contribution is -0.152. The van der Waals surface area contributed by atoms with Crippen LogP contribution in [0.1, 0.15) is 18.4 Å². The Kier molecular flexibility index (Phi) is 6.18. The molecule has 1 amide bonds. The largest absolute Gasteiger partial charge is 0.465 e. The number of aliphatic imine (C=N–C) groups is 1. The third kappa shape index (κ3) is 3.58. The number of halogens is 1. The number of rotatable bonds is 3. The lowest BCUT2D eigenvalue weighted by Crippen LogP contribution is -2.41. The van der Waals surface area contributed by atoms with Crippen molar-refractivity contribution in [1.29, 1.82) is 5.26 Å². The predicted molar refractivity (Wildman–Crippen MR) is 97.1 cm³/mol. The van der Waals surface area contributed by atoms with Crippen LogP contribution in [-0.4, -0.2) is 29.8 Å². The topological polar surface area (TPSA) is 79.5 Å². The number of ether oxygens (including phenoxy) is 1. The Balaban J connectivity index is 2.61. The molecule has 7 heteroatoms. The Hall–Kier alpha value is -1.40. The van der Waals surface area contributed by atoms with Crippen LogP contribution in [0, 0.1) is 26.7 Å². The van der Waals surface area contributed by atoms with E-state index in [0.717, 1.165) is 9.13 Å². The van der Waals surface area contributed by atoms with Gasteiger partial charge in [0.2, 0.25) is 0 Å².